The van der Waals surface area contributed by atoms with Crippen molar-refractivity contribution in [3.8, 4) is 10.6 Å². The standard InChI is InChI=1S/C20H17FN2O3S/c1-13-5-7-14(8-6-13)20-23-17(12-27-20)11-26-18(24)10-22-19(25)15-3-2-4-16(21)9-15/h2-9,12H,10-11H2,1H3,(H,22,25). The molecule has 7 heteroatoms. The van der Waals surface area contributed by atoms with E-state index in [-0.39, 0.29) is 18.7 Å². The molecule has 1 amide bonds. The van der Waals surface area contributed by atoms with Crippen molar-refractivity contribution in [1.82, 2.24) is 10.3 Å². The molecule has 1 heterocycles. The number of aryl methyl sites for hydroxylation is 1. The van der Waals surface area contributed by atoms with E-state index < -0.39 is 17.7 Å². The topological polar surface area (TPSA) is 68.3 Å². The first-order chi connectivity index (χ1) is 13.0. The molecule has 2 aromatic carbocycles. The van der Waals surface area contributed by atoms with E-state index in [9.17, 15) is 14.0 Å². The molecule has 0 bridgehead atoms. The Labute approximate surface area is 159 Å². The zero-order valence-electron chi connectivity index (χ0n) is 14.6. The van der Waals surface area contributed by atoms with Crippen molar-refractivity contribution in [3.63, 3.8) is 0 Å². The highest BCUT2D eigenvalue weighted by molar-refractivity contribution is 7.13. The van der Waals surface area contributed by atoms with Crippen LogP contribution >= 0.6 is 11.3 Å². The van der Waals surface area contributed by atoms with Crippen molar-refractivity contribution in [2.45, 2.75) is 13.5 Å². The molecule has 0 aliphatic carbocycles. The molecule has 138 valence electrons. The van der Waals surface area contributed by atoms with Gasteiger partial charge in [-0.2, -0.15) is 0 Å². The van der Waals surface area contributed by atoms with Gasteiger partial charge in [0.15, 0.2) is 0 Å². The summed E-state index contributed by atoms with van der Waals surface area (Å²) in [5.41, 5.74) is 2.96. The van der Waals surface area contributed by atoms with E-state index in [1.807, 2.05) is 36.6 Å². The largest absolute Gasteiger partial charge is 0.458 e. The fourth-order valence-corrected chi connectivity index (χ4v) is 3.10. The summed E-state index contributed by atoms with van der Waals surface area (Å²) in [7, 11) is 0. The number of nitrogens with one attached hydrogen (secondary N) is 1. The van der Waals surface area contributed by atoms with Crippen molar-refractivity contribution in [2.75, 3.05) is 6.54 Å². The predicted molar refractivity (Wildman–Crippen MR) is 101 cm³/mol. The summed E-state index contributed by atoms with van der Waals surface area (Å²) in [6.45, 7) is 1.74. The summed E-state index contributed by atoms with van der Waals surface area (Å²) >= 11 is 1.47. The molecule has 0 saturated heterocycles. The first-order valence-corrected chi connectivity index (χ1v) is 9.10. The molecule has 27 heavy (non-hydrogen) atoms. The van der Waals surface area contributed by atoms with Gasteiger partial charge in [-0.25, -0.2) is 9.37 Å². The summed E-state index contributed by atoms with van der Waals surface area (Å²) in [5.74, 6) is -1.65. The van der Waals surface area contributed by atoms with Crippen molar-refractivity contribution < 1.29 is 18.7 Å². The zero-order chi connectivity index (χ0) is 19.2. The van der Waals surface area contributed by atoms with Crippen molar-refractivity contribution in [3.05, 3.63) is 76.5 Å². The van der Waals surface area contributed by atoms with Crippen LogP contribution < -0.4 is 5.32 Å². The average molecular weight is 384 g/mol. The number of esters is 1. The Kier molecular flexibility index (Phi) is 5.93. The van der Waals surface area contributed by atoms with E-state index in [2.05, 4.69) is 10.3 Å². The number of carbonyl (C=O) groups is 2. The predicted octanol–water partition coefficient (Wildman–Crippen LogP) is 3.73. The Hall–Kier alpha value is -3.06. The van der Waals surface area contributed by atoms with Crippen LogP contribution in [0.3, 0.4) is 0 Å². The Bertz CT molecular complexity index is 954. The molecule has 3 rings (SSSR count). The quantitative estimate of drug-likeness (QED) is 0.658. The molecule has 0 atom stereocenters. The number of halogens is 1. The summed E-state index contributed by atoms with van der Waals surface area (Å²) < 4.78 is 18.2. The highest BCUT2D eigenvalue weighted by atomic mass is 32.1. The SMILES string of the molecule is Cc1ccc(-c2nc(COC(=O)CNC(=O)c3cccc(F)c3)cs2)cc1. The number of aromatic nitrogens is 1. The minimum atomic E-state index is -0.593. The number of thiazole rings is 1. The lowest BCUT2D eigenvalue weighted by molar-refractivity contribution is -0.143. The van der Waals surface area contributed by atoms with Crippen LogP contribution in [-0.4, -0.2) is 23.4 Å². The van der Waals surface area contributed by atoms with Crippen LogP contribution in [0.1, 0.15) is 21.6 Å². The number of hydrogen-bond acceptors (Lipinski definition) is 5. The third-order valence-electron chi connectivity index (χ3n) is 3.71. The Balaban J connectivity index is 1.48. The maximum Gasteiger partial charge on any atom is 0.325 e. The van der Waals surface area contributed by atoms with E-state index in [0.29, 0.717) is 5.69 Å². The number of carbonyl (C=O) groups excluding carboxylic acids is 2. The lowest BCUT2D eigenvalue weighted by Crippen LogP contribution is -2.30. The van der Waals surface area contributed by atoms with Gasteiger partial charge in [0.25, 0.3) is 5.91 Å². The monoisotopic (exact) mass is 384 g/mol. The number of benzene rings is 2. The normalized spacial score (nSPS) is 10.4. The van der Waals surface area contributed by atoms with E-state index in [1.54, 1.807) is 0 Å². The molecule has 0 unspecified atom stereocenters. The highest BCUT2D eigenvalue weighted by Gasteiger charge is 2.11. The first-order valence-electron chi connectivity index (χ1n) is 8.22. The average Bonchev–Trinajstić information content (AvgIpc) is 3.14. The van der Waals surface area contributed by atoms with Gasteiger partial charge in [0.1, 0.15) is 24.0 Å². The maximum atomic E-state index is 13.1. The minimum absolute atomic E-state index is 0.0248. The summed E-state index contributed by atoms with van der Waals surface area (Å²) in [6, 6.07) is 13.2. The number of amides is 1. The molecule has 0 aliphatic rings. The fraction of sp³-hybridized carbons (Fsp3) is 0.150. The van der Waals surface area contributed by atoms with E-state index in [4.69, 9.17) is 4.74 Å². The molecule has 3 aromatic rings. The lowest BCUT2D eigenvalue weighted by atomic mass is 10.2. The minimum Gasteiger partial charge on any atom is -0.458 e. The smallest absolute Gasteiger partial charge is 0.325 e. The van der Waals surface area contributed by atoms with Gasteiger partial charge in [0, 0.05) is 16.5 Å². The molecule has 0 spiro atoms. The van der Waals surface area contributed by atoms with Gasteiger partial charge in [-0.3, -0.25) is 9.59 Å². The Morgan fingerprint density at radius 2 is 1.96 bits per heavy atom. The molecule has 0 saturated carbocycles. The van der Waals surface area contributed by atoms with Gasteiger partial charge in [-0.05, 0) is 25.1 Å². The highest BCUT2D eigenvalue weighted by Crippen LogP contribution is 2.24. The van der Waals surface area contributed by atoms with Crippen molar-refractivity contribution in [1.29, 1.82) is 0 Å². The van der Waals surface area contributed by atoms with Gasteiger partial charge in [0.2, 0.25) is 0 Å². The maximum absolute atomic E-state index is 13.1. The second-order valence-electron chi connectivity index (χ2n) is 5.86. The fourth-order valence-electron chi connectivity index (χ4n) is 2.29. The number of hydrogen-bond donors (Lipinski definition) is 1. The molecular formula is C20H17FN2O3S. The first kappa shape index (κ1) is 18.7. The second kappa shape index (κ2) is 8.55. The van der Waals surface area contributed by atoms with E-state index in [1.165, 1.54) is 35.1 Å². The second-order valence-corrected chi connectivity index (χ2v) is 6.72. The number of ether oxygens (including phenoxy) is 1. The molecule has 0 fully saturated rings. The molecule has 1 N–H and O–H groups in total. The number of rotatable bonds is 6. The third kappa shape index (κ3) is 5.21. The molecule has 5 nitrogen and oxygen atoms in total. The van der Waals surface area contributed by atoms with Gasteiger partial charge in [-0.1, -0.05) is 35.9 Å². The van der Waals surface area contributed by atoms with Crippen molar-refractivity contribution in [2.24, 2.45) is 0 Å². The summed E-state index contributed by atoms with van der Waals surface area (Å²) in [6.07, 6.45) is 0. The number of nitrogens with zero attached hydrogens (tertiary/aromatic N) is 1. The molecule has 1 aromatic heterocycles. The van der Waals surface area contributed by atoms with Crippen LogP contribution in [-0.2, 0) is 16.1 Å². The van der Waals surface area contributed by atoms with Gasteiger partial charge in [0.05, 0.1) is 5.69 Å². The lowest BCUT2D eigenvalue weighted by Gasteiger charge is -2.05. The third-order valence-corrected chi connectivity index (χ3v) is 4.65. The Morgan fingerprint density at radius 1 is 1.19 bits per heavy atom. The molecule has 0 aliphatic heterocycles. The Morgan fingerprint density at radius 3 is 2.70 bits per heavy atom. The van der Waals surface area contributed by atoms with Crippen LogP contribution in [0.4, 0.5) is 4.39 Å². The zero-order valence-corrected chi connectivity index (χ0v) is 15.4. The van der Waals surface area contributed by atoms with Gasteiger partial charge < -0.3 is 10.1 Å². The van der Waals surface area contributed by atoms with E-state index >= 15 is 0 Å². The van der Waals surface area contributed by atoms with Crippen molar-refractivity contribution >= 4 is 23.2 Å². The summed E-state index contributed by atoms with van der Waals surface area (Å²) in [5, 5.41) is 5.08. The van der Waals surface area contributed by atoms with E-state index in [0.717, 1.165) is 16.6 Å². The van der Waals surface area contributed by atoms with Crippen LogP contribution in [0, 0.1) is 12.7 Å². The van der Waals surface area contributed by atoms with Crippen LogP contribution in [0.5, 0.6) is 0 Å². The van der Waals surface area contributed by atoms with Gasteiger partial charge in [-0.15, -0.1) is 11.3 Å². The van der Waals surface area contributed by atoms with Gasteiger partial charge >= 0.3 is 5.97 Å². The van der Waals surface area contributed by atoms with Crippen LogP contribution in [0.2, 0.25) is 0 Å². The molecular weight excluding hydrogens is 367 g/mol. The van der Waals surface area contributed by atoms with Crippen LogP contribution in [0.15, 0.2) is 53.9 Å². The molecule has 0 radical (unpaired) electrons. The summed E-state index contributed by atoms with van der Waals surface area (Å²) in [4.78, 5) is 28.1. The van der Waals surface area contributed by atoms with Crippen LogP contribution in [0.25, 0.3) is 10.6 Å².